The monoisotopic (exact) mass is 373 g/mol. The van der Waals surface area contributed by atoms with Gasteiger partial charge in [-0.05, 0) is 24.3 Å². The number of imidazole rings is 1. The largest absolute Gasteiger partial charge is 0.333 e. The van der Waals surface area contributed by atoms with Gasteiger partial charge in [-0.2, -0.15) is 0 Å². The average molecular weight is 373 g/mol. The Morgan fingerprint density at radius 2 is 2.15 bits per heavy atom. The number of nitrogens with zero attached hydrogens (tertiary/aromatic N) is 5. The number of carbonyl (C=O) groups excluding carboxylic acids is 1. The summed E-state index contributed by atoms with van der Waals surface area (Å²) in [6.07, 6.45) is 3.31. The smallest absolute Gasteiger partial charge is 0.332 e. The number of hydrogen-bond acceptors (Lipinski definition) is 5. The van der Waals surface area contributed by atoms with Gasteiger partial charge < -0.3 is 9.47 Å². The summed E-state index contributed by atoms with van der Waals surface area (Å²) in [4.78, 5) is 45.3. The van der Waals surface area contributed by atoms with E-state index in [9.17, 15) is 14.4 Å². The highest BCUT2D eigenvalue weighted by Gasteiger charge is 2.31. The minimum atomic E-state index is -0.526. The van der Waals surface area contributed by atoms with Gasteiger partial charge in [0.1, 0.15) is 6.54 Å². The topological polar surface area (TPSA) is 82.1 Å². The van der Waals surface area contributed by atoms with Crippen molar-refractivity contribution in [1.82, 2.24) is 23.6 Å². The number of hydrogen-bond donors (Lipinski definition) is 0. The Balaban J connectivity index is 1.71. The van der Waals surface area contributed by atoms with E-state index in [4.69, 9.17) is 0 Å². The summed E-state index contributed by atoms with van der Waals surface area (Å²) >= 11 is 1.62. The lowest BCUT2D eigenvalue weighted by molar-refractivity contribution is -0.132. The molecule has 8 nitrogen and oxygen atoms in total. The van der Waals surface area contributed by atoms with E-state index >= 15 is 0 Å². The molecule has 0 saturated carbocycles. The van der Waals surface area contributed by atoms with Crippen molar-refractivity contribution in [3.8, 4) is 0 Å². The van der Waals surface area contributed by atoms with Crippen LogP contribution in [0.5, 0.6) is 0 Å². The number of fused-ring (bicyclic) bond motifs is 1. The van der Waals surface area contributed by atoms with Gasteiger partial charge in [0.2, 0.25) is 5.91 Å². The quantitative estimate of drug-likeness (QED) is 0.682. The fraction of sp³-hybridized carbons (Fsp3) is 0.412. The van der Waals surface area contributed by atoms with Crippen molar-refractivity contribution in [2.75, 3.05) is 6.54 Å². The van der Waals surface area contributed by atoms with E-state index in [0.717, 1.165) is 22.3 Å². The van der Waals surface area contributed by atoms with Crippen LogP contribution in [0, 0.1) is 0 Å². The summed E-state index contributed by atoms with van der Waals surface area (Å²) in [6.45, 7) is 0.388. The molecule has 1 fully saturated rings. The van der Waals surface area contributed by atoms with Gasteiger partial charge in [-0.3, -0.25) is 14.2 Å². The van der Waals surface area contributed by atoms with E-state index in [0.29, 0.717) is 17.7 Å². The van der Waals surface area contributed by atoms with Crippen LogP contribution in [-0.2, 0) is 25.4 Å². The SMILES string of the molecule is Cn1cnc2c1c(=O)n(CC(=O)N1CCC[C@@H]1c1cccs1)c(=O)n2C. The van der Waals surface area contributed by atoms with Crippen molar-refractivity contribution < 1.29 is 4.79 Å². The molecule has 4 rings (SSSR count). The number of rotatable bonds is 3. The van der Waals surface area contributed by atoms with E-state index in [2.05, 4.69) is 4.98 Å². The van der Waals surface area contributed by atoms with Crippen molar-refractivity contribution in [3.05, 3.63) is 49.6 Å². The second kappa shape index (κ2) is 6.24. The summed E-state index contributed by atoms with van der Waals surface area (Å²) in [7, 11) is 3.25. The molecule has 0 bridgehead atoms. The normalized spacial score (nSPS) is 17.3. The number of amides is 1. The third kappa shape index (κ3) is 2.50. The lowest BCUT2D eigenvalue weighted by atomic mass is 10.2. The van der Waals surface area contributed by atoms with Crippen LogP contribution in [0.1, 0.15) is 23.8 Å². The zero-order valence-corrected chi connectivity index (χ0v) is 15.4. The molecular weight excluding hydrogens is 354 g/mol. The fourth-order valence-electron chi connectivity index (χ4n) is 3.60. The van der Waals surface area contributed by atoms with E-state index in [-0.39, 0.29) is 18.5 Å². The Hall–Kier alpha value is -2.68. The van der Waals surface area contributed by atoms with E-state index < -0.39 is 11.2 Å². The molecule has 0 radical (unpaired) electrons. The van der Waals surface area contributed by atoms with Crippen LogP contribution in [0.25, 0.3) is 11.2 Å². The van der Waals surface area contributed by atoms with Gasteiger partial charge in [0.25, 0.3) is 5.56 Å². The third-order valence-corrected chi connectivity index (χ3v) is 5.91. The molecule has 9 heteroatoms. The predicted octanol–water partition coefficient (Wildman–Crippen LogP) is 0.859. The van der Waals surface area contributed by atoms with Crippen LogP contribution in [-0.4, -0.2) is 36.0 Å². The minimum Gasteiger partial charge on any atom is -0.333 e. The molecule has 3 aromatic rings. The van der Waals surface area contributed by atoms with E-state index in [1.54, 1.807) is 34.9 Å². The van der Waals surface area contributed by atoms with Crippen LogP contribution >= 0.6 is 11.3 Å². The predicted molar refractivity (Wildman–Crippen MR) is 98.2 cm³/mol. The molecule has 1 saturated heterocycles. The van der Waals surface area contributed by atoms with E-state index in [1.807, 2.05) is 17.5 Å². The zero-order valence-electron chi connectivity index (χ0n) is 14.6. The molecule has 0 aromatic carbocycles. The van der Waals surface area contributed by atoms with Crippen molar-refractivity contribution in [3.63, 3.8) is 0 Å². The van der Waals surface area contributed by atoms with Gasteiger partial charge in [0.05, 0.1) is 12.4 Å². The highest BCUT2D eigenvalue weighted by Crippen LogP contribution is 2.34. The number of aryl methyl sites for hydroxylation is 2. The van der Waals surface area contributed by atoms with Gasteiger partial charge in [-0.1, -0.05) is 6.07 Å². The highest BCUT2D eigenvalue weighted by molar-refractivity contribution is 7.10. The molecule has 1 atom stereocenters. The average Bonchev–Trinajstić information content (AvgIpc) is 3.35. The number of thiophene rings is 1. The first kappa shape index (κ1) is 16.8. The molecule has 3 aromatic heterocycles. The number of likely N-dealkylation sites (tertiary alicyclic amines) is 1. The lowest BCUT2D eigenvalue weighted by Crippen LogP contribution is -2.44. The van der Waals surface area contributed by atoms with Gasteiger partial charge in [0.15, 0.2) is 11.2 Å². The molecule has 26 heavy (non-hydrogen) atoms. The molecule has 0 N–H and O–H groups in total. The van der Waals surface area contributed by atoms with Crippen molar-refractivity contribution in [2.24, 2.45) is 14.1 Å². The summed E-state index contributed by atoms with van der Waals surface area (Å²) in [6, 6.07) is 4.02. The Kier molecular flexibility index (Phi) is 4.03. The maximum atomic E-state index is 12.9. The molecule has 0 aliphatic carbocycles. The third-order valence-electron chi connectivity index (χ3n) is 4.94. The van der Waals surface area contributed by atoms with Gasteiger partial charge in [-0.25, -0.2) is 14.3 Å². The lowest BCUT2D eigenvalue weighted by Gasteiger charge is -2.24. The Bertz CT molecular complexity index is 1090. The van der Waals surface area contributed by atoms with Gasteiger partial charge in [-0.15, -0.1) is 11.3 Å². The Labute approximate surface area is 152 Å². The zero-order chi connectivity index (χ0) is 18.4. The van der Waals surface area contributed by atoms with Crippen molar-refractivity contribution in [2.45, 2.75) is 25.4 Å². The van der Waals surface area contributed by atoms with E-state index in [1.165, 1.54) is 10.9 Å². The van der Waals surface area contributed by atoms with Crippen molar-refractivity contribution in [1.29, 1.82) is 0 Å². The maximum Gasteiger partial charge on any atom is 0.332 e. The molecule has 1 amide bonds. The molecule has 136 valence electrons. The molecular formula is C17H19N5O3S. The second-order valence-corrected chi connectivity index (χ2v) is 7.50. The van der Waals surface area contributed by atoms with Crippen LogP contribution in [0.15, 0.2) is 33.4 Å². The van der Waals surface area contributed by atoms with Crippen LogP contribution in [0.3, 0.4) is 0 Å². The standard InChI is InChI=1S/C17H19N5O3S/c1-19-10-18-15-14(19)16(24)22(17(25)20(15)2)9-13(23)21-7-3-5-11(21)12-6-4-8-26-12/h4,6,8,10-11H,3,5,7,9H2,1-2H3/t11-/m1/s1. The summed E-state index contributed by atoms with van der Waals surface area (Å²) in [5.41, 5.74) is -0.371. The molecule has 0 unspecified atom stereocenters. The first-order valence-electron chi connectivity index (χ1n) is 8.42. The molecule has 1 aliphatic heterocycles. The first-order valence-corrected chi connectivity index (χ1v) is 9.30. The first-order chi connectivity index (χ1) is 12.5. The molecule has 0 spiro atoms. The number of aromatic nitrogens is 4. The van der Waals surface area contributed by atoms with Gasteiger partial charge in [0, 0.05) is 25.5 Å². The minimum absolute atomic E-state index is 0.0301. The Morgan fingerprint density at radius 1 is 1.35 bits per heavy atom. The fourth-order valence-corrected chi connectivity index (χ4v) is 4.48. The summed E-state index contributed by atoms with van der Waals surface area (Å²) in [5.74, 6) is -0.207. The summed E-state index contributed by atoms with van der Waals surface area (Å²) in [5, 5.41) is 1.99. The molecule has 1 aliphatic rings. The highest BCUT2D eigenvalue weighted by atomic mass is 32.1. The van der Waals surface area contributed by atoms with Crippen molar-refractivity contribution >= 4 is 28.4 Å². The Morgan fingerprint density at radius 3 is 2.88 bits per heavy atom. The second-order valence-electron chi connectivity index (χ2n) is 6.52. The molecule has 4 heterocycles. The maximum absolute atomic E-state index is 12.9. The number of carbonyl (C=O) groups is 1. The van der Waals surface area contributed by atoms with Crippen LogP contribution in [0.2, 0.25) is 0 Å². The summed E-state index contributed by atoms with van der Waals surface area (Å²) < 4.78 is 3.89. The van der Waals surface area contributed by atoms with Crippen LogP contribution < -0.4 is 11.2 Å². The van der Waals surface area contributed by atoms with Crippen LogP contribution in [0.4, 0.5) is 0 Å². The van der Waals surface area contributed by atoms with Gasteiger partial charge >= 0.3 is 5.69 Å².